The fourth-order valence-corrected chi connectivity index (χ4v) is 8.41. The largest absolute Gasteiger partial charge is 0.472 e. The van der Waals surface area contributed by atoms with Crippen molar-refractivity contribution < 1.29 is 37.9 Å². The van der Waals surface area contributed by atoms with Crippen LogP contribution in [0.1, 0.15) is 264 Å². The van der Waals surface area contributed by atoms with E-state index < -0.39 is 26.5 Å². The van der Waals surface area contributed by atoms with Crippen molar-refractivity contribution in [1.82, 2.24) is 5.32 Å². The quantitative estimate of drug-likeness (QED) is 0.0238. The second-order valence-electron chi connectivity index (χ2n) is 17.9. The number of carbonyl (C=O) groups excluding carboxylic acids is 2. The number of amides is 1. The molecule has 1 amide bonds. The molecular formula is C52H100NO8P. The van der Waals surface area contributed by atoms with E-state index in [0.717, 1.165) is 44.9 Å². The van der Waals surface area contributed by atoms with Crippen LogP contribution in [-0.4, -0.2) is 54.3 Å². The topological polar surface area (TPSA) is 131 Å². The monoisotopic (exact) mass is 898 g/mol. The van der Waals surface area contributed by atoms with Crippen LogP contribution in [0.3, 0.4) is 0 Å². The summed E-state index contributed by atoms with van der Waals surface area (Å²) in [6.07, 6.45) is 55.5. The molecule has 10 heteroatoms. The lowest BCUT2D eigenvalue weighted by atomic mass is 10.0. The van der Waals surface area contributed by atoms with E-state index in [9.17, 15) is 24.2 Å². The molecule has 0 aromatic carbocycles. The van der Waals surface area contributed by atoms with Crippen LogP contribution in [0.15, 0.2) is 24.3 Å². The maximum absolute atomic E-state index is 12.2. The molecule has 0 aromatic heterocycles. The maximum Gasteiger partial charge on any atom is 0.472 e. The number of carbonyl (C=O) groups is 2. The normalized spacial score (nSPS) is 13.3. The van der Waals surface area contributed by atoms with Gasteiger partial charge in [-0.1, -0.05) is 231 Å². The molecule has 0 aliphatic carbocycles. The van der Waals surface area contributed by atoms with Crippen LogP contribution in [-0.2, 0) is 27.9 Å². The third kappa shape index (κ3) is 49.5. The fourth-order valence-electron chi connectivity index (χ4n) is 7.65. The van der Waals surface area contributed by atoms with Crippen molar-refractivity contribution in [3.8, 4) is 0 Å². The Hall–Kier alpha value is -1.51. The number of unbranched alkanes of at least 4 members (excludes halogenated alkanes) is 33. The molecule has 2 atom stereocenters. The van der Waals surface area contributed by atoms with Crippen molar-refractivity contribution in [2.24, 2.45) is 0 Å². The standard InChI is InChI=1S/C52H100NO8P/c1-3-5-7-9-11-13-15-17-19-21-23-24-25-26-27-28-30-32-34-36-38-40-42-44-51(55)53-46-47-60-62(57,58)61-49-50(54)48-59-52(56)45-43-41-39-37-35-33-31-29-22-20-18-16-14-12-10-8-6-4-2/h11,13,17,19,50,54H,3-10,12,14-16,18,20-49H2,1-2H3,(H,53,55)(H,57,58)/b13-11-,19-17-. The molecule has 0 aromatic rings. The zero-order valence-electron chi connectivity index (χ0n) is 40.6. The molecule has 0 saturated carbocycles. The van der Waals surface area contributed by atoms with E-state index in [1.807, 2.05) is 0 Å². The zero-order valence-corrected chi connectivity index (χ0v) is 41.5. The molecule has 0 heterocycles. The minimum absolute atomic E-state index is 0.0844. The molecule has 3 N–H and O–H groups in total. The molecule has 2 unspecified atom stereocenters. The summed E-state index contributed by atoms with van der Waals surface area (Å²) in [4.78, 5) is 34.1. The van der Waals surface area contributed by atoms with Gasteiger partial charge in [-0.2, -0.15) is 0 Å². The zero-order chi connectivity index (χ0) is 45.3. The summed E-state index contributed by atoms with van der Waals surface area (Å²) in [6.45, 7) is 3.58. The summed E-state index contributed by atoms with van der Waals surface area (Å²) in [5, 5.41) is 12.8. The Kier molecular flexibility index (Phi) is 47.7. The summed E-state index contributed by atoms with van der Waals surface area (Å²) in [7, 11) is -4.42. The van der Waals surface area contributed by atoms with E-state index in [1.54, 1.807) is 0 Å². The number of hydrogen-bond donors (Lipinski definition) is 3. The minimum Gasteiger partial charge on any atom is -0.463 e. The highest BCUT2D eigenvalue weighted by molar-refractivity contribution is 7.47. The number of esters is 1. The lowest BCUT2D eigenvalue weighted by Gasteiger charge is -2.15. The number of nitrogens with one attached hydrogen (secondary N) is 1. The minimum atomic E-state index is -4.42. The number of hydrogen-bond acceptors (Lipinski definition) is 7. The van der Waals surface area contributed by atoms with Crippen LogP contribution in [0.2, 0.25) is 0 Å². The van der Waals surface area contributed by atoms with Gasteiger partial charge in [0.2, 0.25) is 5.91 Å². The smallest absolute Gasteiger partial charge is 0.463 e. The second-order valence-corrected chi connectivity index (χ2v) is 19.3. The van der Waals surface area contributed by atoms with E-state index in [4.69, 9.17) is 13.8 Å². The Morgan fingerprint density at radius 2 is 0.871 bits per heavy atom. The highest BCUT2D eigenvalue weighted by Crippen LogP contribution is 2.42. The maximum atomic E-state index is 12.2. The molecule has 0 aliphatic heterocycles. The SMILES string of the molecule is CCCCC/C=C\C/C=C\CCCCCCCCCCCCCCCC(=O)NCCOP(=O)(O)OCC(O)COC(=O)CCCCCCCCCCCCCCCCCCCC. The average molecular weight is 898 g/mol. The van der Waals surface area contributed by atoms with Crippen molar-refractivity contribution in [2.45, 2.75) is 270 Å². The van der Waals surface area contributed by atoms with E-state index in [-0.39, 0.29) is 32.1 Å². The van der Waals surface area contributed by atoms with Crippen LogP contribution in [0, 0.1) is 0 Å². The van der Waals surface area contributed by atoms with Crippen molar-refractivity contribution in [3.05, 3.63) is 24.3 Å². The van der Waals surface area contributed by atoms with Crippen LogP contribution < -0.4 is 5.32 Å². The molecule has 0 aliphatic rings. The van der Waals surface area contributed by atoms with Gasteiger partial charge in [0.05, 0.1) is 13.2 Å². The lowest BCUT2D eigenvalue weighted by molar-refractivity contribution is -0.147. The van der Waals surface area contributed by atoms with Gasteiger partial charge in [0.25, 0.3) is 0 Å². The Balaban J connectivity index is 3.51. The first-order valence-corrected chi connectivity index (χ1v) is 27.8. The summed E-state index contributed by atoms with van der Waals surface area (Å²) in [6, 6.07) is 0. The van der Waals surface area contributed by atoms with Gasteiger partial charge >= 0.3 is 13.8 Å². The third-order valence-corrected chi connectivity index (χ3v) is 12.6. The first kappa shape index (κ1) is 60.5. The van der Waals surface area contributed by atoms with Gasteiger partial charge in [0.15, 0.2) is 0 Å². The molecule has 0 bridgehead atoms. The number of ether oxygens (including phenoxy) is 1. The number of rotatable bonds is 50. The predicted molar refractivity (Wildman–Crippen MR) is 261 cm³/mol. The summed E-state index contributed by atoms with van der Waals surface area (Å²) in [5.41, 5.74) is 0. The highest BCUT2D eigenvalue weighted by atomic mass is 31.2. The van der Waals surface area contributed by atoms with E-state index in [1.165, 1.54) is 193 Å². The molecule has 0 radical (unpaired) electrons. The van der Waals surface area contributed by atoms with Gasteiger partial charge in [0, 0.05) is 19.4 Å². The van der Waals surface area contributed by atoms with Crippen molar-refractivity contribution in [1.29, 1.82) is 0 Å². The van der Waals surface area contributed by atoms with Crippen LogP contribution >= 0.6 is 7.82 Å². The van der Waals surface area contributed by atoms with Gasteiger partial charge < -0.3 is 20.1 Å². The molecule has 0 spiro atoms. The predicted octanol–water partition coefficient (Wildman–Crippen LogP) is 15.5. The van der Waals surface area contributed by atoms with Crippen molar-refractivity contribution in [2.75, 3.05) is 26.4 Å². The van der Waals surface area contributed by atoms with Gasteiger partial charge in [0.1, 0.15) is 12.7 Å². The molecule has 62 heavy (non-hydrogen) atoms. The highest BCUT2D eigenvalue weighted by Gasteiger charge is 2.23. The Morgan fingerprint density at radius 1 is 0.500 bits per heavy atom. The van der Waals surface area contributed by atoms with Gasteiger partial charge in [-0.15, -0.1) is 0 Å². The Labute approximate surface area is 382 Å². The lowest BCUT2D eigenvalue weighted by Crippen LogP contribution is -2.27. The summed E-state index contributed by atoms with van der Waals surface area (Å²) < 4.78 is 27.0. The number of phosphoric acid groups is 1. The van der Waals surface area contributed by atoms with Crippen LogP contribution in [0.4, 0.5) is 0 Å². The Bertz CT molecular complexity index is 1070. The molecule has 9 nitrogen and oxygen atoms in total. The second kappa shape index (κ2) is 48.9. The molecule has 366 valence electrons. The van der Waals surface area contributed by atoms with Crippen LogP contribution in [0.25, 0.3) is 0 Å². The van der Waals surface area contributed by atoms with Gasteiger partial charge in [-0.05, 0) is 44.9 Å². The molecule has 0 saturated heterocycles. The third-order valence-electron chi connectivity index (χ3n) is 11.6. The number of aliphatic hydroxyl groups excluding tert-OH is 1. The van der Waals surface area contributed by atoms with E-state index >= 15 is 0 Å². The Morgan fingerprint density at radius 3 is 1.32 bits per heavy atom. The number of phosphoric ester groups is 1. The van der Waals surface area contributed by atoms with Crippen molar-refractivity contribution >= 4 is 19.7 Å². The van der Waals surface area contributed by atoms with Crippen molar-refractivity contribution in [3.63, 3.8) is 0 Å². The summed E-state index contributed by atoms with van der Waals surface area (Å²) in [5.74, 6) is -0.505. The molecule has 0 rings (SSSR count). The average Bonchev–Trinajstić information content (AvgIpc) is 3.26. The number of allylic oxidation sites excluding steroid dienone is 4. The molecule has 0 fully saturated rings. The summed E-state index contributed by atoms with van der Waals surface area (Å²) >= 11 is 0. The van der Waals surface area contributed by atoms with Gasteiger partial charge in [-0.3, -0.25) is 18.6 Å². The number of aliphatic hydroxyl groups is 1. The van der Waals surface area contributed by atoms with Gasteiger partial charge in [-0.25, -0.2) is 4.57 Å². The first-order valence-electron chi connectivity index (χ1n) is 26.3. The molecular weight excluding hydrogens is 798 g/mol. The fraction of sp³-hybridized carbons (Fsp3) is 0.885. The van der Waals surface area contributed by atoms with E-state index in [0.29, 0.717) is 6.42 Å². The van der Waals surface area contributed by atoms with E-state index in [2.05, 4.69) is 43.5 Å². The first-order chi connectivity index (χ1) is 30.3. The van der Waals surface area contributed by atoms with Crippen LogP contribution in [0.5, 0.6) is 0 Å².